The van der Waals surface area contributed by atoms with Crippen molar-refractivity contribution < 1.29 is 4.39 Å². The number of nitrogens with zero attached hydrogens (tertiary/aromatic N) is 1. The van der Waals surface area contributed by atoms with Gasteiger partial charge in [-0.2, -0.15) is 0 Å². The Morgan fingerprint density at radius 3 is 2.68 bits per heavy atom. The molecular weight excluding hydrogens is 283 g/mol. The van der Waals surface area contributed by atoms with Crippen molar-refractivity contribution in [3.8, 4) is 0 Å². The Morgan fingerprint density at radius 1 is 1.37 bits per heavy atom. The molecule has 0 saturated carbocycles. The van der Waals surface area contributed by atoms with Crippen molar-refractivity contribution in [3.63, 3.8) is 0 Å². The highest BCUT2D eigenvalue weighted by Crippen LogP contribution is 2.30. The highest BCUT2D eigenvalue weighted by atomic mass is 35.5. The highest BCUT2D eigenvalue weighted by molar-refractivity contribution is 7.16. The Kier molecular flexibility index (Phi) is 4.45. The average molecular weight is 299 g/mol. The summed E-state index contributed by atoms with van der Waals surface area (Å²) in [6, 6.07) is 8.60. The van der Waals surface area contributed by atoms with Gasteiger partial charge in [0.05, 0.1) is 16.6 Å². The van der Waals surface area contributed by atoms with Gasteiger partial charge in [0.1, 0.15) is 5.82 Å². The van der Waals surface area contributed by atoms with Gasteiger partial charge in [0.2, 0.25) is 0 Å². The third kappa shape index (κ3) is 3.26. The molecule has 0 spiro atoms. The molecule has 0 radical (unpaired) electrons. The van der Waals surface area contributed by atoms with Crippen molar-refractivity contribution in [1.82, 2.24) is 0 Å². The number of nitrogens with two attached hydrogens (primary N) is 1. The van der Waals surface area contributed by atoms with Gasteiger partial charge in [0, 0.05) is 18.0 Å². The maximum absolute atomic E-state index is 14.0. The van der Waals surface area contributed by atoms with Gasteiger partial charge in [-0.3, -0.25) is 0 Å². The molecule has 5 heteroatoms. The minimum absolute atomic E-state index is 0.208. The Bertz CT molecular complexity index is 568. The van der Waals surface area contributed by atoms with E-state index in [-0.39, 0.29) is 11.9 Å². The van der Waals surface area contributed by atoms with Crippen molar-refractivity contribution in [2.75, 3.05) is 11.9 Å². The van der Waals surface area contributed by atoms with Crippen molar-refractivity contribution in [2.24, 2.45) is 5.73 Å². The van der Waals surface area contributed by atoms with Crippen LogP contribution in [0.5, 0.6) is 0 Å². The third-order valence-electron chi connectivity index (χ3n) is 2.91. The molecule has 2 rings (SSSR count). The minimum Gasteiger partial charge on any atom is -0.367 e. The first-order chi connectivity index (χ1) is 8.99. The van der Waals surface area contributed by atoms with E-state index in [2.05, 4.69) is 0 Å². The zero-order valence-corrected chi connectivity index (χ0v) is 12.4. The Hall–Kier alpha value is -1.10. The van der Waals surface area contributed by atoms with Gasteiger partial charge in [-0.25, -0.2) is 4.39 Å². The summed E-state index contributed by atoms with van der Waals surface area (Å²) >= 11 is 7.41. The lowest BCUT2D eigenvalue weighted by molar-refractivity contribution is 0.616. The van der Waals surface area contributed by atoms with Crippen LogP contribution in [0.1, 0.15) is 23.4 Å². The van der Waals surface area contributed by atoms with Crippen LogP contribution in [-0.4, -0.2) is 7.05 Å². The number of para-hydroxylation sites is 1. The summed E-state index contributed by atoms with van der Waals surface area (Å²) in [5.74, 6) is -0.250. The smallest absolute Gasteiger partial charge is 0.146 e. The molecule has 0 aliphatic carbocycles. The standard InChI is InChI=1S/C14H16ClFN2S/c1-9(17)11-4-3-5-12(16)14(11)18(2)8-10-6-7-13(15)19-10/h3-7,9H,8,17H2,1-2H3/t9-/m1/s1. The van der Waals surface area contributed by atoms with Crippen LogP contribution in [0.2, 0.25) is 4.34 Å². The number of halogens is 2. The lowest BCUT2D eigenvalue weighted by atomic mass is 10.1. The van der Waals surface area contributed by atoms with E-state index >= 15 is 0 Å². The molecule has 0 saturated heterocycles. The zero-order valence-electron chi connectivity index (χ0n) is 10.9. The number of anilines is 1. The molecule has 0 aliphatic rings. The Balaban J connectivity index is 2.30. The number of hydrogen-bond donors (Lipinski definition) is 1. The second-order valence-electron chi connectivity index (χ2n) is 4.53. The van der Waals surface area contributed by atoms with Gasteiger partial charge in [-0.15, -0.1) is 11.3 Å². The predicted molar refractivity (Wildman–Crippen MR) is 80.4 cm³/mol. The molecule has 0 amide bonds. The van der Waals surface area contributed by atoms with Crippen LogP contribution >= 0.6 is 22.9 Å². The summed E-state index contributed by atoms with van der Waals surface area (Å²) in [5.41, 5.74) is 7.27. The fourth-order valence-electron chi connectivity index (χ4n) is 2.05. The fourth-order valence-corrected chi connectivity index (χ4v) is 3.19. The number of benzene rings is 1. The first-order valence-corrected chi connectivity index (χ1v) is 7.18. The monoisotopic (exact) mass is 298 g/mol. The maximum Gasteiger partial charge on any atom is 0.146 e. The van der Waals surface area contributed by atoms with Crippen LogP contribution in [0.3, 0.4) is 0 Å². The average Bonchev–Trinajstić information content (AvgIpc) is 2.74. The lowest BCUT2D eigenvalue weighted by Gasteiger charge is -2.24. The van der Waals surface area contributed by atoms with E-state index in [4.69, 9.17) is 17.3 Å². The lowest BCUT2D eigenvalue weighted by Crippen LogP contribution is -2.21. The number of hydrogen-bond acceptors (Lipinski definition) is 3. The van der Waals surface area contributed by atoms with Crippen molar-refractivity contribution in [3.05, 3.63) is 50.9 Å². The maximum atomic E-state index is 14.0. The SMILES string of the molecule is C[C@@H](N)c1cccc(F)c1N(C)Cc1ccc(Cl)s1. The van der Waals surface area contributed by atoms with Gasteiger partial charge in [-0.05, 0) is 30.7 Å². The van der Waals surface area contributed by atoms with Crippen LogP contribution in [-0.2, 0) is 6.54 Å². The van der Waals surface area contributed by atoms with Crippen LogP contribution in [0.4, 0.5) is 10.1 Å². The van der Waals surface area contributed by atoms with E-state index < -0.39 is 0 Å². The molecule has 2 nitrogen and oxygen atoms in total. The van der Waals surface area contributed by atoms with Gasteiger partial charge in [-0.1, -0.05) is 23.7 Å². The van der Waals surface area contributed by atoms with E-state index in [1.165, 1.54) is 17.4 Å². The van der Waals surface area contributed by atoms with Crippen molar-refractivity contribution in [1.29, 1.82) is 0 Å². The molecule has 0 fully saturated rings. The highest BCUT2D eigenvalue weighted by Gasteiger charge is 2.16. The van der Waals surface area contributed by atoms with E-state index in [1.807, 2.05) is 37.1 Å². The quantitative estimate of drug-likeness (QED) is 0.917. The molecule has 1 atom stereocenters. The predicted octanol–water partition coefficient (Wildman–Crippen LogP) is 4.20. The fraction of sp³-hybridized carbons (Fsp3) is 0.286. The first kappa shape index (κ1) is 14.3. The summed E-state index contributed by atoms with van der Waals surface area (Å²) in [5, 5.41) is 0. The molecule has 0 unspecified atom stereocenters. The summed E-state index contributed by atoms with van der Waals surface area (Å²) in [7, 11) is 1.86. The van der Waals surface area contributed by atoms with Crippen molar-refractivity contribution in [2.45, 2.75) is 19.5 Å². The second kappa shape index (κ2) is 5.90. The molecule has 0 bridgehead atoms. The topological polar surface area (TPSA) is 29.3 Å². The molecule has 0 aliphatic heterocycles. The third-order valence-corrected chi connectivity index (χ3v) is 4.13. The normalized spacial score (nSPS) is 12.5. The largest absolute Gasteiger partial charge is 0.367 e. The Morgan fingerprint density at radius 2 is 2.11 bits per heavy atom. The minimum atomic E-state index is -0.250. The van der Waals surface area contributed by atoms with Crippen LogP contribution < -0.4 is 10.6 Å². The van der Waals surface area contributed by atoms with Crippen LogP contribution in [0.25, 0.3) is 0 Å². The molecular formula is C14H16ClFN2S. The summed E-state index contributed by atoms with van der Waals surface area (Å²) < 4.78 is 14.8. The van der Waals surface area contributed by atoms with Gasteiger partial charge >= 0.3 is 0 Å². The first-order valence-electron chi connectivity index (χ1n) is 5.98. The molecule has 1 heterocycles. The van der Waals surface area contributed by atoms with Gasteiger partial charge in [0.15, 0.2) is 0 Å². The van der Waals surface area contributed by atoms with E-state index in [0.29, 0.717) is 12.2 Å². The van der Waals surface area contributed by atoms with E-state index in [1.54, 1.807) is 6.07 Å². The molecule has 1 aromatic carbocycles. The van der Waals surface area contributed by atoms with E-state index in [0.717, 1.165) is 14.8 Å². The molecule has 2 N–H and O–H groups in total. The second-order valence-corrected chi connectivity index (χ2v) is 6.33. The van der Waals surface area contributed by atoms with Crippen molar-refractivity contribution >= 4 is 28.6 Å². The van der Waals surface area contributed by atoms with Gasteiger partial charge < -0.3 is 10.6 Å². The summed E-state index contributed by atoms with van der Waals surface area (Å²) in [6.45, 7) is 2.46. The van der Waals surface area contributed by atoms with Gasteiger partial charge in [0.25, 0.3) is 0 Å². The molecule has 19 heavy (non-hydrogen) atoms. The molecule has 1 aromatic heterocycles. The number of rotatable bonds is 4. The summed E-state index contributed by atoms with van der Waals surface area (Å²) in [6.07, 6.45) is 0. The molecule has 2 aromatic rings. The summed E-state index contributed by atoms with van der Waals surface area (Å²) in [4.78, 5) is 2.96. The van der Waals surface area contributed by atoms with Crippen LogP contribution in [0, 0.1) is 5.82 Å². The molecule has 102 valence electrons. The zero-order chi connectivity index (χ0) is 14.0. The van der Waals surface area contributed by atoms with Crippen LogP contribution in [0.15, 0.2) is 30.3 Å². The van der Waals surface area contributed by atoms with E-state index in [9.17, 15) is 4.39 Å². The Labute approximate surface area is 121 Å². The number of thiophene rings is 1.